The molecule has 0 amide bonds. The third-order valence-corrected chi connectivity index (χ3v) is 15.7. The molecule has 6 heteroatoms. The molecule has 0 N–H and O–H groups in total. The van der Waals surface area contributed by atoms with Crippen LogP contribution in [0.5, 0.6) is 0 Å². The summed E-state index contributed by atoms with van der Waals surface area (Å²) >= 11 is 0. The monoisotopic (exact) mass is 1070 g/mol. The number of hydrogen-bond donors (Lipinski definition) is 0. The van der Waals surface area contributed by atoms with Crippen LogP contribution in [0.4, 0.5) is 0 Å². The Kier molecular flexibility index (Phi) is 63.6. The molecule has 0 aliphatic rings. The Morgan fingerprint density at radius 3 is 0.658 bits per heavy atom. The fourth-order valence-electron chi connectivity index (χ4n) is 10.5. The zero-order valence-corrected chi connectivity index (χ0v) is 51.6. The fraction of sp³-hybridized carbons (Fsp3) is 0.900. The van der Waals surface area contributed by atoms with Gasteiger partial charge in [-0.1, -0.05) is 321 Å². The van der Waals surface area contributed by atoms with Gasteiger partial charge in [0.15, 0.2) is 6.10 Å². The summed E-state index contributed by atoms with van der Waals surface area (Å²) in [5.41, 5.74) is 0. The van der Waals surface area contributed by atoms with E-state index in [1.54, 1.807) is 0 Å². The Balaban J connectivity index is 4.14. The van der Waals surface area contributed by atoms with E-state index >= 15 is 0 Å². The van der Waals surface area contributed by atoms with Crippen molar-refractivity contribution in [2.75, 3.05) is 13.2 Å². The van der Waals surface area contributed by atoms with Gasteiger partial charge in [-0.05, 0) is 70.6 Å². The predicted molar refractivity (Wildman–Crippen MR) is 330 cm³/mol. The SMILES string of the molecule is CCCCCCCC/C=C\CCCCCCCCCC(=O)OC(COC(=O)CCCCCCCCCCCCCC)COC(=O)CCCCCCCCCCCCCCCCCCC/C=C\CCCCCCCCCC. The number of unbranched alkanes of at least 4 members (excludes halogenated alkanes) is 49. The molecule has 0 rings (SSSR count). The standard InChI is InChI=1S/C70H132O6/c1-4-7-10-13-16-19-22-25-27-29-30-31-32-33-34-35-36-37-38-39-40-42-43-45-48-51-54-57-60-63-69(72)75-66-67(65-74-68(71)62-59-56-53-50-47-24-21-18-15-12-9-6-3)76-70(73)64-61-58-55-52-49-46-44-41-28-26-23-20-17-14-11-8-5-2/h26,28-30,67H,4-25,27,31-66H2,1-3H3/b28-26-,30-29-. The van der Waals surface area contributed by atoms with Crippen molar-refractivity contribution in [1.29, 1.82) is 0 Å². The van der Waals surface area contributed by atoms with Crippen LogP contribution in [0.15, 0.2) is 24.3 Å². The molecule has 6 nitrogen and oxygen atoms in total. The lowest BCUT2D eigenvalue weighted by atomic mass is 10.0. The molecule has 1 unspecified atom stereocenters. The Labute approximate surface area is 474 Å². The molecular weight excluding hydrogens is 937 g/mol. The summed E-state index contributed by atoms with van der Waals surface area (Å²) in [6.07, 6.45) is 79.2. The molecule has 448 valence electrons. The summed E-state index contributed by atoms with van der Waals surface area (Å²) in [5.74, 6) is -0.843. The van der Waals surface area contributed by atoms with Crippen molar-refractivity contribution in [1.82, 2.24) is 0 Å². The maximum atomic E-state index is 12.9. The summed E-state index contributed by atoms with van der Waals surface area (Å²) in [4.78, 5) is 38.3. The minimum Gasteiger partial charge on any atom is -0.462 e. The average Bonchev–Trinajstić information content (AvgIpc) is 3.42. The summed E-state index contributed by atoms with van der Waals surface area (Å²) in [6, 6.07) is 0. The van der Waals surface area contributed by atoms with Gasteiger partial charge in [-0.2, -0.15) is 0 Å². The predicted octanol–water partition coefficient (Wildman–Crippen LogP) is 23.4. The van der Waals surface area contributed by atoms with Crippen LogP contribution in [0.2, 0.25) is 0 Å². The van der Waals surface area contributed by atoms with Crippen LogP contribution in [0, 0.1) is 0 Å². The van der Waals surface area contributed by atoms with Crippen molar-refractivity contribution in [2.24, 2.45) is 0 Å². The van der Waals surface area contributed by atoms with Gasteiger partial charge in [-0.3, -0.25) is 14.4 Å². The van der Waals surface area contributed by atoms with Crippen LogP contribution in [0.25, 0.3) is 0 Å². The highest BCUT2D eigenvalue weighted by Gasteiger charge is 2.19. The highest BCUT2D eigenvalue weighted by atomic mass is 16.6. The first-order chi connectivity index (χ1) is 37.5. The number of hydrogen-bond acceptors (Lipinski definition) is 6. The molecule has 0 heterocycles. The van der Waals surface area contributed by atoms with Gasteiger partial charge in [-0.25, -0.2) is 0 Å². The molecule has 0 bridgehead atoms. The van der Waals surface area contributed by atoms with Crippen molar-refractivity contribution >= 4 is 17.9 Å². The highest BCUT2D eigenvalue weighted by molar-refractivity contribution is 5.71. The molecule has 0 fully saturated rings. The first kappa shape index (κ1) is 73.9. The zero-order chi connectivity index (χ0) is 55.0. The largest absolute Gasteiger partial charge is 0.462 e. The number of allylic oxidation sites excluding steroid dienone is 4. The van der Waals surface area contributed by atoms with E-state index in [4.69, 9.17) is 14.2 Å². The van der Waals surface area contributed by atoms with E-state index < -0.39 is 6.10 Å². The second-order valence-corrected chi connectivity index (χ2v) is 23.4. The molecule has 0 spiro atoms. The molecule has 0 radical (unpaired) electrons. The van der Waals surface area contributed by atoms with Gasteiger partial charge in [0.25, 0.3) is 0 Å². The fourth-order valence-corrected chi connectivity index (χ4v) is 10.5. The lowest BCUT2D eigenvalue weighted by Gasteiger charge is -2.18. The molecule has 1 atom stereocenters. The van der Waals surface area contributed by atoms with E-state index in [1.165, 1.54) is 289 Å². The van der Waals surface area contributed by atoms with Crippen molar-refractivity contribution < 1.29 is 28.6 Å². The molecule has 0 aromatic carbocycles. The third kappa shape index (κ3) is 62.7. The van der Waals surface area contributed by atoms with Crippen LogP contribution < -0.4 is 0 Å². The normalized spacial score (nSPS) is 12.1. The van der Waals surface area contributed by atoms with Crippen LogP contribution in [0.3, 0.4) is 0 Å². The lowest BCUT2D eigenvalue weighted by Crippen LogP contribution is -2.30. The topological polar surface area (TPSA) is 78.9 Å². The summed E-state index contributed by atoms with van der Waals surface area (Å²) < 4.78 is 17.0. The van der Waals surface area contributed by atoms with E-state index in [9.17, 15) is 14.4 Å². The van der Waals surface area contributed by atoms with E-state index in [2.05, 4.69) is 45.1 Å². The molecule has 0 aliphatic carbocycles. The lowest BCUT2D eigenvalue weighted by molar-refractivity contribution is -0.167. The molecule has 0 aliphatic heterocycles. The third-order valence-electron chi connectivity index (χ3n) is 15.7. The maximum Gasteiger partial charge on any atom is 0.306 e. The van der Waals surface area contributed by atoms with Gasteiger partial charge in [0.2, 0.25) is 0 Å². The van der Waals surface area contributed by atoms with E-state index in [0.29, 0.717) is 19.3 Å². The van der Waals surface area contributed by atoms with Crippen molar-refractivity contribution in [3.63, 3.8) is 0 Å². The quantitative estimate of drug-likeness (QED) is 0.0261. The molecule has 0 saturated carbocycles. The first-order valence-corrected chi connectivity index (χ1v) is 34.3. The minimum absolute atomic E-state index is 0.0670. The first-order valence-electron chi connectivity index (χ1n) is 34.3. The van der Waals surface area contributed by atoms with E-state index in [1.807, 2.05) is 0 Å². The van der Waals surface area contributed by atoms with Crippen LogP contribution in [-0.2, 0) is 28.6 Å². The van der Waals surface area contributed by atoms with Crippen molar-refractivity contribution in [2.45, 2.75) is 393 Å². The highest BCUT2D eigenvalue weighted by Crippen LogP contribution is 2.18. The van der Waals surface area contributed by atoms with Gasteiger partial charge in [-0.15, -0.1) is 0 Å². The van der Waals surface area contributed by atoms with E-state index in [0.717, 1.165) is 57.8 Å². The molecule has 0 saturated heterocycles. The Hall–Kier alpha value is -2.11. The summed E-state index contributed by atoms with van der Waals surface area (Å²) in [5, 5.41) is 0. The summed E-state index contributed by atoms with van der Waals surface area (Å²) in [6.45, 7) is 6.70. The molecule has 0 aromatic heterocycles. The van der Waals surface area contributed by atoms with Crippen LogP contribution >= 0.6 is 0 Å². The van der Waals surface area contributed by atoms with Crippen LogP contribution in [0.1, 0.15) is 387 Å². The second-order valence-electron chi connectivity index (χ2n) is 23.4. The van der Waals surface area contributed by atoms with Gasteiger partial charge < -0.3 is 14.2 Å². The number of esters is 3. The second kappa shape index (κ2) is 65.4. The smallest absolute Gasteiger partial charge is 0.306 e. The van der Waals surface area contributed by atoms with E-state index in [-0.39, 0.29) is 31.1 Å². The van der Waals surface area contributed by atoms with Crippen molar-refractivity contribution in [3.8, 4) is 0 Å². The van der Waals surface area contributed by atoms with Gasteiger partial charge in [0, 0.05) is 19.3 Å². The zero-order valence-electron chi connectivity index (χ0n) is 51.6. The maximum absolute atomic E-state index is 12.9. The summed E-state index contributed by atoms with van der Waals surface area (Å²) in [7, 11) is 0. The Morgan fingerprint density at radius 2 is 0.434 bits per heavy atom. The number of rotatable bonds is 64. The number of carbonyl (C=O) groups excluding carboxylic acids is 3. The molecule has 76 heavy (non-hydrogen) atoms. The average molecular weight is 1070 g/mol. The number of ether oxygens (including phenoxy) is 3. The Bertz CT molecular complexity index is 1230. The minimum atomic E-state index is -0.769. The molecule has 0 aromatic rings. The van der Waals surface area contributed by atoms with Crippen LogP contribution in [-0.4, -0.2) is 37.2 Å². The van der Waals surface area contributed by atoms with Crippen molar-refractivity contribution in [3.05, 3.63) is 24.3 Å². The Morgan fingerprint density at radius 1 is 0.250 bits per heavy atom. The van der Waals surface area contributed by atoms with Gasteiger partial charge >= 0.3 is 17.9 Å². The van der Waals surface area contributed by atoms with Gasteiger partial charge in [0.1, 0.15) is 13.2 Å². The number of carbonyl (C=O) groups is 3. The van der Waals surface area contributed by atoms with Gasteiger partial charge in [0.05, 0.1) is 0 Å². The molecular formula is C70H132O6.